The van der Waals surface area contributed by atoms with E-state index in [9.17, 15) is 14.4 Å². The predicted molar refractivity (Wildman–Crippen MR) is 179 cm³/mol. The molecule has 0 aliphatic carbocycles. The first-order valence-electron chi connectivity index (χ1n) is 15.4. The van der Waals surface area contributed by atoms with Crippen LogP contribution < -0.4 is 21.9 Å². The van der Waals surface area contributed by atoms with Crippen molar-refractivity contribution in [2.75, 3.05) is 57.8 Å². The van der Waals surface area contributed by atoms with E-state index in [0.717, 1.165) is 36.8 Å². The molecule has 2 aliphatic heterocycles. The van der Waals surface area contributed by atoms with Crippen LogP contribution in [-0.2, 0) is 4.74 Å². The number of halogens is 1. The molecule has 0 radical (unpaired) electrons. The summed E-state index contributed by atoms with van der Waals surface area (Å²) in [6, 6.07) is 11.9. The highest BCUT2D eigenvalue weighted by molar-refractivity contribution is 6.15. The third kappa shape index (κ3) is 4.77. The second-order valence-corrected chi connectivity index (χ2v) is 12.1. The van der Waals surface area contributed by atoms with E-state index in [4.69, 9.17) is 14.9 Å². The number of nitrogens with one attached hydrogen (secondary N) is 1. The Kier molecular flexibility index (Phi) is 7.62. The van der Waals surface area contributed by atoms with Crippen molar-refractivity contribution in [3.05, 3.63) is 80.5 Å². The summed E-state index contributed by atoms with van der Waals surface area (Å²) in [5.41, 5.74) is 6.81. The number of fused-ring (bicyclic) bond motifs is 5. The normalized spacial score (nSPS) is 17.5. The van der Waals surface area contributed by atoms with E-state index in [-0.39, 0.29) is 41.1 Å². The predicted octanol–water partition coefficient (Wildman–Crippen LogP) is 4.39. The van der Waals surface area contributed by atoms with E-state index in [0.29, 0.717) is 66.7 Å². The molecule has 2 saturated heterocycles. The number of morpholine rings is 1. The van der Waals surface area contributed by atoms with Crippen molar-refractivity contribution in [1.29, 1.82) is 0 Å². The number of hydrogen-bond acceptors (Lipinski definition) is 8. The van der Waals surface area contributed by atoms with Crippen molar-refractivity contribution in [2.24, 2.45) is 5.73 Å². The fourth-order valence-electron chi connectivity index (χ4n) is 6.94. The molecule has 238 valence electrons. The fraction of sp³-hybridized carbons (Fsp3) is 0.343. The van der Waals surface area contributed by atoms with Gasteiger partial charge in [0.2, 0.25) is 5.43 Å². The summed E-state index contributed by atoms with van der Waals surface area (Å²) in [5, 5.41) is 5.85. The first-order chi connectivity index (χ1) is 21.9. The van der Waals surface area contributed by atoms with Crippen LogP contribution in [0.15, 0.2) is 62.7 Å². The molecule has 46 heavy (non-hydrogen) atoms. The minimum Gasteiger partial charge on any atom is -0.451 e. The quantitative estimate of drug-likeness (QED) is 0.159. The highest BCUT2D eigenvalue weighted by Crippen LogP contribution is 2.36. The summed E-state index contributed by atoms with van der Waals surface area (Å²) in [6.07, 6.45) is 2.92. The Balaban J connectivity index is 0.00000338. The molecular weight excluding hydrogens is 589 g/mol. The van der Waals surface area contributed by atoms with Crippen molar-refractivity contribution in [1.82, 2.24) is 14.2 Å². The van der Waals surface area contributed by atoms with Crippen LogP contribution in [0.1, 0.15) is 30.6 Å². The number of benzene rings is 3. The van der Waals surface area contributed by atoms with E-state index >= 15 is 4.39 Å². The molecule has 2 aromatic heterocycles. The Hall–Kier alpha value is -4.58. The molecular formula is C35H36FN5O5. The van der Waals surface area contributed by atoms with E-state index < -0.39 is 17.2 Å². The van der Waals surface area contributed by atoms with Crippen LogP contribution >= 0.6 is 0 Å². The number of pyridine rings is 1. The molecule has 1 atom stereocenters. The van der Waals surface area contributed by atoms with Crippen molar-refractivity contribution in [3.63, 3.8) is 0 Å². The molecule has 10 nitrogen and oxygen atoms in total. The molecule has 8 rings (SSSR count). The molecule has 0 saturated carbocycles. The molecule has 0 spiro atoms. The Bertz CT molecular complexity index is 2260. The number of nitrogens with two attached hydrogens (primary N) is 1. The zero-order valence-electron chi connectivity index (χ0n) is 24.6. The molecule has 3 N–H and O–H groups in total. The van der Waals surface area contributed by atoms with Gasteiger partial charge >= 0.3 is 0 Å². The van der Waals surface area contributed by atoms with Gasteiger partial charge in [-0.15, -0.1) is 0 Å². The van der Waals surface area contributed by atoms with Gasteiger partial charge < -0.3 is 29.5 Å². The lowest BCUT2D eigenvalue weighted by Gasteiger charge is -2.26. The van der Waals surface area contributed by atoms with Crippen molar-refractivity contribution in [2.45, 2.75) is 26.3 Å². The minimum atomic E-state index is -0.659. The van der Waals surface area contributed by atoms with Gasteiger partial charge in [-0.05, 0) is 48.4 Å². The fourth-order valence-corrected chi connectivity index (χ4v) is 6.94. The van der Waals surface area contributed by atoms with Crippen LogP contribution in [0.5, 0.6) is 0 Å². The highest BCUT2D eigenvalue weighted by Gasteiger charge is 2.29. The summed E-state index contributed by atoms with van der Waals surface area (Å²) >= 11 is 0. The zero-order valence-corrected chi connectivity index (χ0v) is 24.6. The Morgan fingerprint density at radius 2 is 1.76 bits per heavy atom. The van der Waals surface area contributed by atoms with Gasteiger partial charge in [0.25, 0.3) is 5.91 Å². The van der Waals surface area contributed by atoms with Gasteiger partial charge in [0.15, 0.2) is 22.4 Å². The van der Waals surface area contributed by atoms with Crippen molar-refractivity contribution < 1.29 is 18.3 Å². The molecule has 4 heterocycles. The lowest BCUT2D eigenvalue weighted by Crippen LogP contribution is -2.37. The van der Waals surface area contributed by atoms with Crippen LogP contribution in [0, 0.1) is 5.82 Å². The average molecular weight is 626 g/mol. The Morgan fingerprint density at radius 1 is 0.978 bits per heavy atom. The van der Waals surface area contributed by atoms with Gasteiger partial charge in [-0.1, -0.05) is 31.7 Å². The number of amides is 1. The van der Waals surface area contributed by atoms with Crippen LogP contribution in [-0.4, -0.2) is 78.6 Å². The van der Waals surface area contributed by atoms with Crippen LogP contribution in [0.25, 0.3) is 49.1 Å². The first kappa shape index (κ1) is 30.1. The minimum absolute atomic E-state index is 0. The number of carbonyl (C=O) groups is 1. The molecule has 0 bridgehead atoms. The molecule has 0 unspecified atom stereocenters. The summed E-state index contributed by atoms with van der Waals surface area (Å²) in [6.45, 7) is 5.21. The molecule has 11 heteroatoms. The first-order valence-corrected chi connectivity index (χ1v) is 15.4. The highest BCUT2D eigenvalue weighted by atomic mass is 19.1. The summed E-state index contributed by atoms with van der Waals surface area (Å²) in [4.78, 5) is 44.7. The SMILES string of the molecule is C.N[C@H]1CCN(C(=O)c2cn3c4cc5c(cc4oc4c(NCCCN6CCOCC6)c(F)cc(c2=O)c43)c(=O)c2ccccc25)C1. The van der Waals surface area contributed by atoms with Gasteiger partial charge in [0.1, 0.15) is 16.8 Å². The van der Waals surface area contributed by atoms with Gasteiger partial charge in [-0.3, -0.25) is 19.3 Å². The maximum absolute atomic E-state index is 15.9. The summed E-state index contributed by atoms with van der Waals surface area (Å²) in [5.74, 6) is -1.10. The van der Waals surface area contributed by atoms with Gasteiger partial charge in [0.05, 0.1) is 24.1 Å². The van der Waals surface area contributed by atoms with E-state index in [1.807, 2.05) is 24.3 Å². The lowest BCUT2D eigenvalue weighted by atomic mass is 10.1. The Morgan fingerprint density at radius 3 is 2.52 bits per heavy atom. The molecule has 1 amide bonds. The van der Waals surface area contributed by atoms with Crippen molar-refractivity contribution in [3.8, 4) is 0 Å². The van der Waals surface area contributed by atoms with Gasteiger partial charge in [-0.2, -0.15) is 0 Å². The van der Waals surface area contributed by atoms with Gasteiger partial charge in [-0.25, -0.2) is 4.39 Å². The van der Waals surface area contributed by atoms with Gasteiger partial charge in [0, 0.05) is 55.7 Å². The summed E-state index contributed by atoms with van der Waals surface area (Å²) < 4.78 is 29.5. The molecule has 2 aliphatic rings. The number of likely N-dealkylation sites (tertiary alicyclic amines) is 1. The monoisotopic (exact) mass is 625 g/mol. The summed E-state index contributed by atoms with van der Waals surface area (Å²) in [7, 11) is 0. The molecule has 6 aromatic rings. The van der Waals surface area contributed by atoms with E-state index in [1.54, 1.807) is 21.4 Å². The number of nitrogens with zero attached hydrogens (tertiary/aromatic N) is 3. The maximum Gasteiger partial charge on any atom is 0.259 e. The second-order valence-electron chi connectivity index (χ2n) is 12.1. The smallest absolute Gasteiger partial charge is 0.259 e. The number of hydrogen-bond donors (Lipinski definition) is 2. The number of ether oxygens (including phenoxy) is 1. The standard InChI is InChI=1S/C34H32FN5O5.CH4/c35-26-14-24-30-33(29(26)37-7-3-8-38-10-12-44-13-11-38)45-28-16-23-22(20-4-1-2-5-21(20)31(23)41)15-27(28)40(30)18-25(32(24)42)34(43)39-9-6-19(36)17-39;/h1-2,4-5,14-16,18-19,37H,3,6-13,17,36H2;1H4/t19-;/m0./s1. The largest absolute Gasteiger partial charge is 0.451 e. The van der Waals surface area contributed by atoms with Crippen LogP contribution in [0.2, 0.25) is 0 Å². The average Bonchev–Trinajstić information content (AvgIpc) is 3.61. The maximum atomic E-state index is 15.9. The van der Waals surface area contributed by atoms with E-state index in [2.05, 4.69) is 10.2 Å². The van der Waals surface area contributed by atoms with E-state index in [1.165, 1.54) is 12.3 Å². The number of anilines is 1. The number of rotatable bonds is 6. The number of carbonyl (C=O) groups excluding carboxylic acids is 1. The lowest BCUT2D eigenvalue weighted by molar-refractivity contribution is 0.0378. The topological polar surface area (TPSA) is 123 Å². The second kappa shape index (κ2) is 11.7. The third-order valence-electron chi connectivity index (χ3n) is 9.27. The zero-order chi connectivity index (χ0) is 30.8. The number of aromatic nitrogens is 1. The molecule has 4 aromatic carbocycles. The van der Waals surface area contributed by atoms with Crippen LogP contribution in [0.4, 0.5) is 10.1 Å². The molecule has 2 fully saturated rings. The third-order valence-corrected chi connectivity index (χ3v) is 9.27. The Labute approximate surface area is 263 Å². The van der Waals surface area contributed by atoms with Crippen LogP contribution in [0.3, 0.4) is 0 Å². The van der Waals surface area contributed by atoms with Crippen molar-refractivity contribution >= 4 is 60.7 Å².